The highest BCUT2D eigenvalue weighted by Crippen LogP contribution is 2.60. The fourth-order valence-electron chi connectivity index (χ4n) is 5.91. The average molecular weight is 399 g/mol. The molecule has 4 saturated carbocycles. The van der Waals surface area contributed by atoms with Crippen LogP contribution >= 0.6 is 0 Å². The predicted molar refractivity (Wildman–Crippen MR) is 109 cm³/mol. The van der Waals surface area contributed by atoms with Crippen molar-refractivity contribution in [3.8, 4) is 11.5 Å². The Bertz CT molecular complexity index is 785. The van der Waals surface area contributed by atoms with Crippen LogP contribution in [0.15, 0.2) is 23.3 Å². The van der Waals surface area contributed by atoms with E-state index in [0.717, 1.165) is 35.7 Å². The normalized spacial score (nSPS) is 29.8. The molecule has 3 N–H and O–H groups in total. The number of benzene rings is 1. The Hall–Kier alpha value is -2.57. The van der Waals surface area contributed by atoms with Crippen molar-refractivity contribution in [1.29, 1.82) is 0 Å². The number of nitrogens with one attached hydrogen (secondary N) is 1. The van der Waals surface area contributed by atoms with Gasteiger partial charge < -0.3 is 15.2 Å². The molecule has 0 atom stereocenters. The summed E-state index contributed by atoms with van der Waals surface area (Å²) in [5.74, 6) is 2.04. The highest BCUT2D eigenvalue weighted by atomic mass is 16.5. The molecule has 4 bridgehead atoms. The van der Waals surface area contributed by atoms with Gasteiger partial charge in [0.05, 0.1) is 19.4 Å². The van der Waals surface area contributed by atoms with Gasteiger partial charge in [-0.25, -0.2) is 5.43 Å². The fraction of sp³-hybridized carbons (Fsp3) is 0.591. The summed E-state index contributed by atoms with van der Waals surface area (Å²) in [6, 6.07) is 5.54. The second-order valence-electron chi connectivity index (χ2n) is 8.91. The van der Waals surface area contributed by atoms with Crippen LogP contribution in [0.25, 0.3) is 0 Å². The fourth-order valence-corrected chi connectivity index (χ4v) is 5.91. The number of carbonyl (C=O) groups excluding carboxylic acids is 2. The molecule has 2 amide bonds. The number of rotatable bonds is 7. The third-order valence-corrected chi connectivity index (χ3v) is 6.57. The number of carbonyl (C=O) groups is 2. The molecular weight excluding hydrogens is 370 g/mol. The molecule has 0 saturated heterocycles. The standard InChI is InChI=1S/C22H29N3O4/c1-2-28-19-8-14(12-24-25-21(27)20(23)26)3-4-18(19)29-13-22-9-15-5-16(10-22)7-17(6-15)11-22/h3-4,8,12,15-17H,2,5-7,9-11,13H2,1H3,(H2,23,26)(H,25,27)/b24-12-. The van der Waals surface area contributed by atoms with Crippen molar-refractivity contribution < 1.29 is 19.1 Å². The van der Waals surface area contributed by atoms with Gasteiger partial charge in [0.25, 0.3) is 0 Å². The van der Waals surface area contributed by atoms with Gasteiger partial charge in [-0.15, -0.1) is 0 Å². The van der Waals surface area contributed by atoms with Crippen LogP contribution in [0.3, 0.4) is 0 Å². The minimum absolute atomic E-state index is 0.331. The minimum Gasteiger partial charge on any atom is -0.490 e. The smallest absolute Gasteiger partial charge is 0.329 e. The molecule has 1 aromatic carbocycles. The van der Waals surface area contributed by atoms with Crippen LogP contribution in [0.2, 0.25) is 0 Å². The first-order valence-electron chi connectivity index (χ1n) is 10.5. The monoisotopic (exact) mass is 399 g/mol. The molecule has 5 rings (SSSR count). The van der Waals surface area contributed by atoms with Crippen molar-refractivity contribution in [3.63, 3.8) is 0 Å². The molecule has 0 heterocycles. The van der Waals surface area contributed by atoms with E-state index in [9.17, 15) is 9.59 Å². The van der Waals surface area contributed by atoms with Crippen molar-refractivity contribution in [2.45, 2.75) is 45.4 Å². The van der Waals surface area contributed by atoms with Gasteiger partial charge in [-0.3, -0.25) is 9.59 Å². The van der Waals surface area contributed by atoms with E-state index in [0.29, 0.717) is 17.8 Å². The number of hydrogen-bond acceptors (Lipinski definition) is 5. The molecule has 0 radical (unpaired) electrons. The Morgan fingerprint density at radius 2 is 1.79 bits per heavy atom. The first-order chi connectivity index (χ1) is 14.0. The highest BCUT2D eigenvalue weighted by molar-refractivity contribution is 6.34. The summed E-state index contributed by atoms with van der Waals surface area (Å²) < 4.78 is 12.1. The van der Waals surface area contributed by atoms with Crippen molar-refractivity contribution >= 4 is 18.0 Å². The summed E-state index contributed by atoms with van der Waals surface area (Å²) in [5, 5.41) is 3.74. The highest BCUT2D eigenvalue weighted by Gasteiger charge is 2.51. The zero-order valence-corrected chi connectivity index (χ0v) is 16.9. The number of nitrogens with two attached hydrogens (primary N) is 1. The third kappa shape index (κ3) is 4.38. The number of ether oxygens (including phenoxy) is 2. The van der Waals surface area contributed by atoms with Crippen molar-refractivity contribution in [2.75, 3.05) is 13.2 Å². The van der Waals surface area contributed by atoms with E-state index >= 15 is 0 Å². The summed E-state index contributed by atoms with van der Waals surface area (Å²) in [6.45, 7) is 3.20. The lowest BCUT2D eigenvalue weighted by atomic mass is 9.50. The molecule has 4 fully saturated rings. The van der Waals surface area contributed by atoms with E-state index in [2.05, 4.69) is 10.5 Å². The molecule has 1 aromatic rings. The Labute approximate surface area is 171 Å². The van der Waals surface area contributed by atoms with Gasteiger partial charge in [0.1, 0.15) is 0 Å². The van der Waals surface area contributed by atoms with Crippen LogP contribution < -0.4 is 20.6 Å². The maximum absolute atomic E-state index is 11.2. The van der Waals surface area contributed by atoms with Gasteiger partial charge in [0.2, 0.25) is 0 Å². The molecule has 0 spiro atoms. The first kappa shape index (κ1) is 19.7. The lowest BCUT2D eigenvalue weighted by Gasteiger charge is -2.56. The van der Waals surface area contributed by atoms with Gasteiger partial charge in [-0.05, 0) is 87.0 Å². The maximum Gasteiger partial charge on any atom is 0.329 e. The number of primary amides is 1. The van der Waals surface area contributed by atoms with E-state index in [1.54, 1.807) is 0 Å². The molecule has 7 nitrogen and oxygen atoms in total. The quantitative estimate of drug-likeness (QED) is 0.418. The Morgan fingerprint density at radius 1 is 1.14 bits per heavy atom. The molecule has 4 aliphatic carbocycles. The number of hydrogen-bond donors (Lipinski definition) is 2. The van der Waals surface area contributed by atoms with Crippen LogP contribution in [0.5, 0.6) is 11.5 Å². The summed E-state index contributed by atoms with van der Waals surface area (Å²) in [4.78, 5) is 21.9. The van der Waals surface area contributed by atoms with Crippen LogP contribution in [-0.4, -0.2) is 31.2 Å². The molecule has 156 valence electrons. The van der Waals surface area contributed by atoms with Gasteiger partial charge >= 0.3 is 11.8 Å². The van der Waals surface area contributed by atoms with Crippen molar-refractivity contribution in [3.05, 3.63) is 23.8 Å². The van der Waals surface area contributed by atoms with E-state index in [4.69, 9.17) is 15.2 Å². The molecule has 0 aromatic heterocycles. The zero-order valence-electron chi connectivity index (χ0n) is 16.9. The van der Waals surface area contributed by atoms with Gasteiger partial charge in [-0.1, -0.05) is 0 Å². The Balaban J connectivity index is 1.42. The Kier molecular flexibility index (Phi) is 5.48. The largest absolute Gasteiger partial charge is 0.490 e. The maximum atomic E-state index is 11.2. The summed E-state index contributed by atoms with van der Waals surface area (Å²) in [7, 11) is 0. The van der Waals surface area contributed by atoms with E-state index in [-0.39, 0.29) is 0 Å². The van der Waals surface area contributed by atoms with E-state index in [1.165, 1.54) is 44.7 Å². The SMILES string of the molecule is CCOc1cc(/C=N\NC(=O)C(N)=O)ccc1OCC12CC3CC(CC(C3)C1)C2. The lowest BCUT2D eigenvalue weighted by molar-refractivity contribution is -0.137. The number of amides is 2. The average Bonchev–Trinajstić information content (AvgIpc) is 2.66. The zero-order chi connectivity index (χ0) is 20.4. The number of nitrogens with zero attached hydrogens (tertiary/aromatic N) is 1. The summed E-state index contributed by atoms with van der Waals surface area (Å²) in [6.07, 6.45) is 9.59. The molecule has 0 unspecified atom stereocenters. The molecule has 29 heavy (non-hydrogen) atoms. The van der Waals surface area contributed by atoms with Gasteiger partial charge in [0.15, 0.2) is 11.5 Å². The van der Waals surface area contributed by atoms with Crippen LogP contribution in [0.1, 0.15) is 51.0 Å². The van der Waals surface area contributed by atoms with E-state index < -0.39 is 11.8 Å². The van der Waals surface area contributed by atoms with Crippen molar-refractivity contribution in [2.24, 2.45) is 34.0 Å². The molecule has 4 aliphatic rings. The third-order valence-electron chi connectivity index (χ3n) is 6.57. The summed E-state index contributed by atoms with van der Waals surface area (Å²) >= 11 is 0. The van der Waals surface area contributed by atoms with Crippen molar-refractivity contribution in [1.82, 2.24) is 5.43 Å². The molecule has 0 aliphatic heterocycles. The molecular formula is C22H29N3O4. The second-order valence-corrected chi connectivity index (χ2v) is 8.91. The lowest BCUT2D eigenvalue weighted by Crippen LogP contribution is -2.48. The molecule has 7 heteroatoms. The summed E-state index contributed by atoms with van der Waals surface area (Å²) in [5.41, 5.74) is 8.01. The predicted octanol–water partition coefficient (Wildman–Crippen LogP) is 2.62. The van der Waals surface area contributed by atoms with Crippen LogP contribution in [-0.2, 0) is 9.59 Å². The van der Waals surface area contributed by atoms with Crippen LogP contribution in [0, 0.1) is 23.2 Å². The van der Waals surface area contributed by atoms with Gasteiger partial charge in [-0.2, -0.15) is 5.10 Å². The van der Waals surface area contributed by atoms with Crippen LogP contribution in [0.4, 0.5) is 0 Å². The minimum atomic E-state index is -1.08. The van der Waals surface area contributed by atoms with Gasteiger partial charge in [0, 0.05) is 5.41 Å². The number of hydrazone groups is 1. The Morgan fingerprint density at radius 3 is 2.38 bits per heavy atom. The van der Waals surface area contributed by atoms with E-state index in [1.807, 2.05) is 25.1 Å². The topological polar surface area (TPSA) is 103 Å². The first-order valence-corrected chi connectivity index (χ1v) is 10.5. The second kappa shape index (κ2) is 8.05.